The van der Waals surface area contributed by atoms with Crippen LogP contribution in [0.2, 0.25) is 0 Å². The average Bonchev–Trinajstić information content (AvgIpc) is 2.37. The fraction of sp³-hybridized carbons (Fsp3) is 0.786. The van der Waals surface area contributed by atoms with Crippen LogP contribution in [0, 0.1) is 23.7 Å². The van der Waals surface area contributed by atoms with E-state index in [0.717, 1.165) is 25.9 Å². The highest BCUT2D eigenvalue weighted by Gasteiger charge is 2.29. The highest BCUT2D eigenvalue weighted by Crippen LogP contribution is 2.34. The first-order valence-electron chi connectivity index (χ1n) is 6.16. The van der Waals surface area contributed by atoms with Gasteiger partial charge in [0.05, 0.1) is 0 Å². The van der Waals surface area contributed by atoms with Gasteiger partial charge in [-0.15, -0.1) is 12.3 Å². The van der Waals surface area contributed by atoms with E-state index in [1.807, 2.05) is 4.90 Å². The third kappa shape index (κ3) is 3.56. The van der Waals surface area contributed by atoms with Gasteiger partial charge in [-0.25, -0.2) is 0 Å². The lowest BCUT2D eigenvalue weighted by Gasteiger charge is -2.29. The predicted molar refractivity (Wildman–Crippen MR) is 66.8 cm³/mol. The van der Waals surface area contributed by atoms with Gasteiger partial charge in [-0.05, 0) is 24.2 Å². The lowest BCUT2D eigenvalue weighted by atomic mass is 9.77. The van der Waals surface area contributed by atoms with Crippen molar-refractivity contribution in [3.05, 3.63) is 0 Å². The molecule has 0 aromatic carbocycles. The van der Waals surface area contributed by atoms with Crippen molar-refractivity contribution < 1.29 is 4.79 Å². The molecule has 0 bridgehead atoms. The molecule has 0 aromatic heterocycles. The Hall–Kier alpha value is -0.970. The third-order valence-corrected chi connectivity index (χ3v) is 3.56. The van der Waals surface area contributed by atoms with Crippen LogP contribution in [-0.4, -0.2) is 23.9 Å². The van der Waals surface area contributed by atoms with Crippen LogP contribution in [-0.2, 0) is 4.79 Å². The van der Waals surface area contributed by atoms with Crippen molar-refractivity contribution in [2.75, 3.05) is 13.1 Å². The van der Waals surface area contributed by atoms with Crippen LogP contribution in [0.25, 0.3) is 0 Å². The fourth-order valence-corrected chi connectivity index (χ4v) is 2.34. The largest absolute Gasteiger partial charge is 0.342 e. The molecule has 0 radical (unpaired) electrons. The number of hydrogen-bond donors (Lipinski definition) is 0. The number of carbonyl (C=O) groups is 1. The number of rotatable bonds is 2. The molecule has 0 aromatic rings. The van der Waals surface area contributed by atoms with Gasteiger partial charge in [0.1, 0.15) is 0 Å². The predicted octanol–water partition coefficient (Wildman–Crippen LogP) is 2.68. The molecule has 90 valence electrons. The van der Waals surface area contributed by atoms with Gasteiger partial charge in [-0.1, -0.05) is 20.8 Å². The Morgan fingerprint density at radius 2 is 2.12 bits per heavy atom. The molecule has 0 spiro atoms. The van der Waals surface area contributed by atoms with Crippen LogP contribution in [0.5, 0.6) is 0 Å². The molecular formula is C14H23NO. The minimum absolute atomic E-state index is 0.280. The summed E-state index contributed by atoms with van der Waals surface area (Å²) in [6, 6.07) is 0. The van der Waals surface area contributed by atoms with Crippen molar-refractivity contribution in [2.24, 2.45) is 11.3 Å². The molecule has 0 N–H and O–H groups in total. The minimum Gasteiger partial charge on any atom is -0.342 e. The van der Waals surface area contributed by atoms with Crippen molar-refractivity contribution in [3.8, 4) is 12.3 Å². The van der Waals surface area contributed by atoms with Gasteiger partial charge in [-0.2, -0.15) is 0 Å². The Morgan fingerprint density at radius 3 is 2.69 bits per heavy atom. The molecule has 1 fully saturated rings. The van der Waals surface area contributed by atoms with Crippen LogP contribution in [0.4, 0.5) is 0 Å². The lowest BCUT2D eigenvalue weighted by molar-refractivity contribution is -0.130. The maximum atomic E-state index is 11.8. The number of hydrogen-bond acceptors (Lipinski definition) is 1. The van der Waals surface area contributed by atoms with Crippen LogP contribution in [0.1, 0.15) is 46.5 Å². The van der Waals surface area contributed by atoms with Crippen molar-refractivity contribution in [2.45, 2.75) is 46.5 Å². The maximum Gasteiger partial charge on any atom is 0.222 e. The van der Waals surface area contributed by atoms with Gasteiger partial charge < -0.3 is 4.90 Å². The van der Waals surface area contributed by atoms with E-state index < -0.39 is 0 Å². The highest BCUT2D eigenvalue weighted by atomic mass is 16.2. The summed E-state index contributed by atoms with van der Waals surface area (Å²) in [4.78, 5) is 13.8. The van der Waals surface area contributed by atoms with Gasteiger partial charge in [0.25, 0.3) is 0 Å². The number of likely N-dealkylation sites (tertiary alicyclic amines) is 1. The highest BCUT2D eigenvalue weighted by molar-refractivity contribution is 5.76. The van der Waals surface area contributed by atoms with Crippen molar-refractivity contribution in [1.29, 1.82) is 0 Å². The van der Waals surface area contributed by atoms with Crippen LogP contribution in [0.3, 0.4) is 0 Å². The molecule has 1 amide bonds. The maximum absolute atomic E-state index is 11.8. The van der Waals surface area contributed by atoms with Crippen LogP contribution in [0.15, 0.2) is 0 Å². The molecule has 16 heavy (non-hydrogen) atoms. The first kappa shape index (κ1) is 13.1. The topological polar surface area (TPSA) is 20.3 Å². The standard InChI is InChI=1S/C14H23NO/c1-5-6-10-15-11-9-12(14(2,3)4)7-8-13(15)16/h1,12H,6-11H2,2-4H3. The fourth-order valence-electron chi connectivity index (χ4n) is 2.34. The summed E-state index contributed by atoms with van der Waals surface area (Å²) in [5.74, 6) is 3.53. The van der Waals surface area contributed by atoms with Gasteiger partial charge in [0, 0.05) is 25.9 Å². The van der Waals surface area contributed by atoms with E-state index in [1.165, 1.54) is 0 Å². The molecular weight excluding hydrogens is 198 g/mol. The third-order valence-electron chi connectivity index (χ3n) is 3.56. The second kappa shape index (κ2) is 5.39. The summed E-state index contributed by atoms with van der Waals surface area (Å²) in [6.07, 6.45) is 8.73. The molecule has 1 heterocycles. The monoisotopic (exact) mass is 221 g/mol. The molecule has 1 unspecified atom stereocenters. The van der Waals surface area contributed by atoms with Crippen LogP contribution >= 0.6 is 0 Å². The SMILES string of the molecule is C#CCCN1CCC(C(C)(C)C)CCC1=O. The quantitative estimate of drug-likeness (QED) is 0.656. The van der Waals surface area contributed by atoms with Gasteiger partial charge in [0.15, 0.2) is 0 Å². The summed E-state index contributed by atoms with van der Waals surface area (Å²) >= 11 is 0. The van der Waals surface area contributed by atoms with E-state index in [2.05, 4.69) is 26.7 Å². The number of carbonyl (C=O) groups excluding carboxylic acids is 1. The van der Waals surface area contributed by atoms with E-state index in [1.54, 1.807) is 0 Å². The average molecular weight is 221 g/mol. The first-order chi connectivity index (χ1) is 7.45. The van der Waals surface area contributed by atoms with Crippen molar-refractivity contribution in [1.82, 2.24) is 4.90 Å². The second-order valence-electron chi connectivity index (χ2n) is 5.73. The van der Waals surface area contributed by atoms with Gasteiger partial charge in [0.2, 0.25) is 5.91 Å². The molecule has 1 aliphatic heterocycles. The van der Waals surface area contributed by atoms with E-state index in [-0.39, 0.29) is 5.91 Å². The van der Waals surface area contributed by atoms with E-state index in [0.29, 0.717) is 24.2 Å². The lowest BCUT2D eigenvalue weighted by Crippen LogP contribution is -2.31. The zero-order chi connectivity index (χ0) is 12.2. The van der Waals surface area contributed by atoms with E-state index in [4.69, 9.17) is 6.42 Å². The first-order valence-corrected chi connectivity index (χ1v) is 6.16. The minimum atomic E-state index is 0.280. The number of nitrogens with zero attached hydrogens (tertiary/aromatic N) is 1. The Labute approximate surface area is 99.4 Å². The number of terminal acetylenes is 1. The van der Waals surface area contributed by atoms with E-state index in [9.17, 15) is 4.79 Å². The second-order valence-corrected chi connectivity index (χ2v) is 5.73. The van der Waals surface area contributed by atoms with Crippen LogP contribution < -0.4 is 0 Å². The van der Waals surface area contributed by atoms with Crippen molar-refractivity contribution in [3.63, 3.8) is 0 Å². The molecule has 0 saturated carbocycles. The Morgan fingerprint density at radius 1 is 1.44 bits per heavy atom. The molecule has 1 aliphatic rings. The summed E-state index contributed by atoms with van der Waals surface area (Å²) in [7, 11) is 0. The number of amides is 1. The Bertz CT molecular complexity index is 282. The summed E-state index contributed by atoms with van der Waals surface area (Å²) in [5.41, 5.74) is 0.308. The zero-order valence-electron chi connectivity index (χ0n) is 10.8. The zero-order valence-corrected chi connectivity index (χ0v) is 10.8. The Balaban J connectivity index is 2.56. The normalized spacial score (nSPS) is 22.8. The molecule has 1 rings (SSSR count). The van der Waals surface area contributed by atoms with E-state index >= 15 is 0 Å². The van der Waals surface area contributed by atoms with Gasteiger partial charge in [-0.3, -0.25) is 4.79 Å². The summed E-state index contributed by atoms with van der Waals surface area (Å²) in [5, 5.41) is 0. The molecule has 0 aliphatic carbocycles. The van der Waals surface area contributed by atoms with Crippen molar-refractivity contribution >= 4 is 5.91 Å². The molecule has 2 nitrogen and oxygen atoms in total. The van der Waals surface area contributed by atoms with Gasteiger partial charge >= 0.3 is 0 Å². The molecule has 1 atom stereocenters. The smallest absolute Gasteiger partial charge is 0.222 e. The molecule has 1 saturated heterocycles. The Kier molecular flexibility index (Phi) is 4.41. The summed E-state index contributed by atoms with van der Waals surface area (Å²) in [6.45, 7) is 8.40. The summed E-state index contributed by atoms with van der Waals surface area (Å²) < 4.78 is 0. The molecule has 2 heteroatoms.